The van der Waals surface area contributed by atoms with Gasteiger partial charge >= 0.3 is 0 Å². The third-order valence-corrected chi connectivity index (χ3v) is 2.41. The van der Waals surface area contributed by atoms with E-state index < -0.39 is 0 Å². The molecule has 76 valence electrons. The summed E-state index contributed by atoms with van der Waals surface area (Å²) in [5.41, 5.74) is 2.51. The van der Waals surface area contributed by atoms with Crippen LogP contribution in [0.15, 0.2) is 36.5 Å². The number of aromatic nitrogens is 1. The molecule has 0 saturated heterocycles. The number of hydrogen-bond acceptors (Lipinski definition) is 1. The zero-order valence-corrected chi connectivity index (χ0v) is 8.92. The third kappa shape index (κ3) is 2.16. The van der Waals surface area contributed by atoms with Gasteiger partial charge in [0.1, 0.15) is 11.0 Å². The first-order chi connectivity index (χ1) is 7.16. The monoisotopic (exact) mass is 221 g/mol. The van der Waals surface area contributed by atoms with Crippen LogP contribution in [0.4, 0.5) is 4.39 Å². The zero-order valence-electron chi connectivity index (χ0n) is 8.17. The summed E-state index contributed by atoms with van der Waals surface area (Å²) >= 11 is 5.95. The van der Waals surface area contributed by atoms with Crippen LogP contribution >= 0.6 is 11.6 Å². The van der Waals surface area contributed by atoms with Crippen molar-refractivity contribution in [2.24, 2.45) is 0 Å². The van der Waals surface area contributed by atoms with Crippen molar-refractivity contribution in [3.63, 3.8) is 0 Å². The van der Waals surface area contributed by atoms with Gasteiger partial charge in [0.05, 0.1) is 0 Å². The van der Waals surface area contributed by atoms with Crippen molar-refractivity contribution >= 4 is 11.6 Å². The molecule has 0 aliphatic carbocycles. The Morgan fingerprint density at radius 2 is 2.07 bits per heavy atom. The quantitative estimate of drug-likeness (QED) is 0.667. The van der Waals surface area contributed by atoms with Crippen molar-refractivity contribution in [2.75, 3.05) is 0 Å². The van der Waals surface area contributed by atoms with Crippen LogP contribution in [-0.2, 0) is 0 Å². The van der Waals surface area contributed by atoms with E-state index in [0.29, 0.717) is 5.15 Å². The van der Waals surface area contributed by atoms with E-state index in [1.165, 1.54) is 12.1 Å². The average Bonchev–Trinajstić information content (AvgIpc) is 2.22. The predicted molar refractivity (Wildman–Crippen MR) is 59.4 cm³/mol. The fourth-order valence-corrected chi connectivity index (χ4v) is 1.62. The van der Waals surface area contributed by atoms with Crippen molar-refractivity contribution in [3.05, 3.63) is 53.1 Å². The summed E-state index contributed by atoms with van der Waals surface area (Å²) in [4.78, 5) is 4.03. The van der Waals surface area contributed by atoms with Gasteiger partial charge in [0, 0.05) is 11.8 Å². The van der Waals surface area contributed by atoms with Crippen molar-refractivity contribution in [1.29, 1.82) is 0 Å². The summed E-state index contributed by atoms with van der Waals surface area (Å²) in [6.07, 6.45) is 1.69. The molecule has 1 aromatic heterocycles. The van der Waals surface area contributed by atoms with Gasteiger partial charge in [-0.15, -0.1) is 0 Å². The Bertz CT molecular complexity index is 497. The maximum atomic E-state index is 13.0. The molecule has 0 saturated carbocycles. The van der Waals surface area contributed by atoms with E-state index in [1.54, 1.807) is 12.3 Å². The van der Waals surface area contributed by atoms with Crippen molar-refractivity contribution in [3.8, 4) is 11.1 Å². The lowest BCUT2D eigenvalue weighted by Gasteiger charge is -2.04. The van der Waals surface area contributed by atoms with Crippen LogP contribution in [0.2, 0.25) is 5.15 Å². The Morgan fingerprint density at radius 1 is 1.27 bits per heavy atom. The molecule has 0 aliphatic rings. The molecule has 0 spiro atoms. The molecule has 3 heteroatoms. The molecule has 0 unspecified atom stereocenters. The van der Waals surface area contributed by atoms with Gasteiger partial charge < -0.3 is 0 Å². The molecular formula is C12H9ClFN. The molecule has 0 fully saturated rings. The lowest BCUT2D eigenvalue weighted by atomic mass is 10.1. The van der Waals surface area contributed by atoms with Crippen molar-refractivity contribution in [2.45, 2.75) is 6.92 Å². The van der Waals surface area contributed by atoms with E-state index in [-0.39, 0.29) is 5.82 Å². The number of pyridine rings is 1. The smallest absolute Gasteiger partial charge is 0.136 e. The molecule has 1 nitrogen and oxygen atoms in total. The highest BCUT2D eigenvalue weighted by atomic mass is 35.5. The standard InChI is InChI=1S/C12H9ClFN/c1-8-5-11(12(13)15-7-8)9-3-2-4-10(14)6-9/h2-7H,1H3. The molecule has 1 aromatic carbocycles. The number of nitrogens with zero attached hydrogens (tertiary/aromatic N) is 1. The zero-order chi connectivity index (χ0) is 10.8. The molecule has 0 aliphatic heterocycles. The minimum absolute atomic E-state index is 0.273. The number of hydrogen-bond donors (Lipinski definition) is 0. The highest BCUT2D eigenvalue weighted by molar-refractivity contribution is 6.32. The predicted octanol–water partition coefficient (Wildman–Crippen LogP) is 3.85. The number of aryl methyl sites for hydroxylation is 1. The Kier molecular flexibility index (Phi) is 2.69. The molecule has 2 rings (SSSR count). The second-order valence-corrected chi connectivity index (χ2v) is 3.72. The van der Waals surface area contributed by atoms with E-state index in [2.05, 4.69) is 4.98 Å². The Balaban J connectivity index is 2.58. The van der Waals surface area contributed by atoms with Crippen molar-refractivity contribution < 1.29 is 4.39 Å². The largest absolute Gasteiger partial charge is 0.244 e. The molecule has 0 bridgehead atoms. The number of halogens is 2. The first-order valence-electron chi connectivity index (χ1n) is 4.55. The van der Waals surface area contributed by atoms with Crippen LogP contribution in [0.3, 0.4) is 0 Å². The molecule has 0 N–H and O–H groups in total. The Hall–Kier alpha value is -1.41. The maximum absolute atomic E-state index is 13.0. The second kappa shape index (κ2) is 3.99. The van der Waals surface area contributed by atoms with Crippen LogP contribution in [0.5, 0.6) is 0 Å². The fraction of sp³-hybridized carbons (Fsp3) is 0.0833. The van der Waals surface area contributed by atoms with Gasteiger partial charge in [-0.05, 0) is 36.2 Å². The number of rotatable bonds is 1. The molecule has 0 amide bonds. The van der Waals surface area contributed by atoms with Gasteiger partial charge in [0.15, 0.2) is 0 Å². The molecule has 0 radical (unpaired) electrons. The normalized spacial score (nSPS) is 10.3. The minimum Gasteiger partial charge on any atom is -0.244 e. The fourth-order valence-electron chi connectivity index (χ4n) is 1.41. The molecular weight excluding hydrogens is 213 g/mol. The van der Waals surface area contributed by atoms with Crippen LogP contribution in [0.1, 0.15) is 5.56 Å². The Morgan fingerprint density at radius 3 is 2.80 bits per heavy atom. The summed E-state index contributed by atoms with van der Waals surface area (Å²) < 4.78 is 13.0. The van der Waals surface area contributed by atoms with E-state index >= 15 is 0 Å². The summed E-state index contributed by atoms with van der Waals surface area (Å²) in [5.74, 6) is -0.273. The highest BCUT2D eigenvalue weighted by Gasteiger charge is 2.05. The highest BCUT2D eigenvalue weighted by Crippen LogP contribution is 2.27. The van der Waals surface area contributed by atoms with Gasteiger partial charge in [-0.1, -0.05) is 23.7 Å². The molecule has 15 heavy (non-hydrogen) atoms. The minimum atomic E-state index is -0.273. The van der Waals surface area contributed by atoms with Crippen LogP contribution in [0, 0.1) is 12.7 Å². The molecule has 0 atom stereocenters. The topological polar surface area (TPSA) is 12.9 Å². The first kappa shape index (κ1) is 10.1. The van der Waals surface area contributed by atoms with E-state index in [4.69, 9.17) is 11.6 Å². The van der Waals surface area contributed by atoms with E-state index in [1.807, 2.05) is 19.1 Å². The van der Waals surface area contributed by atoms with Crippen molar-refractivity contribution in [1.82, 2.24) is 4.98 Å². The van der Waals surface area contributed by atoms with Gasteiger partial charge in [0.25, 0.3) is 0 Å². The third-order valence-electron chi connectivity index (χ3n) is 2.11. The lowest BCUT2D eigenvalue weighted by Crippen LogP contribution is -1.86. The molecule has 1 heterocycles. The number of benzene rings is 1. The van der Waals surface area contributed by atoms with Crippen LogP contribution in [0.25, 0.3) is 11.1 Å². The van der Waals surface area contributed by atoms with Gasteiger partial charge in [-0.3, -0.25) is 0 Å². The Labute approximate surface area is 92.5 Å². The summed E-state index contributed by atoms with van der Waals surface area (Å²) in [7, 11) is 0. The van der Waals surface area contributed by atoms with E-state index in [9.17, 15) is 4.39 Å². The van der Waals surface area contributed by atoms with E-state index in [0.717, 1.165) is 16.7 Å². The summed E-state index contributed by atoms with van der Waals surface area (Å²) in [6.45, 7) is 1.92. The maximum Gasteiger partial charge on any atom is 0.136 e. The van der Waals surface area contributed by atoms with Gasteiger partial charge in [-0.25, -0.2) is 9.37 Å². The summed E-state index contributed by atoms with van der Waals surface area (Å²) in [5, 5.41) is 0.395. The first-order valence-corrected chi connectivity index (χ1v) is 4.93. The molecule has 2 aromatic rings. The van der Waals surface area contributed by atoms with Gasteiger partial charge in [-0.2, -0.15) is 0 Å². The SMILES string of the molecule is Cc1cnc(Cl)c(-c2cccc(F)c2)c1. The lowest BCUT2D eigenvalue weighted by molar-refractivity contribution is 0.628. The van der Waals surface area contributed by atoms with Crippen LogP contribution in [-0.4, -0.2) is 4.98 Å². The average molecular weight is 222 g/mol. The second-order valence-electron chi connectivity index (χ2n) is 3.36. The summed E-state index contributed by atoms with van der Waals surface area (Å²) in [6, 6.07) is 8.21. The van der Waals surface area contributed by atoms with Crippen LogP contribution < -0.4 is 0 Å². The van der Waals surface area contributed by atoms with Gasteiger partial charge in [0.2, 0.25) is 0 Å².